The second-order valence-electron chi connectivity index (χ2n) is 6.21. The highest BCUT2D eigenvalue weighted by Crippen LogP contribution is 2.26. The highest BCUT2D eigenvalue weighted by Gasteiger charge is 2.23. The van der Waals surface area contributed by atoms with Gasteiger partial charge in [0.05, 0.1) is 12.2 Å². The van der Waals surface area contributed by atoms with Gasteiger partial charge in [-0.15, -0.1) is 0 Å². The van der Waals surface area contributed by atoms with Gasteiger partial charge in [0, 0.05) is 24.2 Å². The number of aromatic nitrogens is 2. The van der Waals surface area contributed by atoms with E-state index >= 15 is 0 Å². The van der Waals surface area contributed by atoms with Crippen molar-refractivity contribution >= 4 is 11.8 Å². The largest absolute Gasteiger partial charge is 0.353 e. The summed E-state index contributed by atoms with van der Waals surface area (Å²) in [6.07, 6.45) is 0.874. The van der Waals surface area contributed by atoms with Crippen molar-refractivity contribution in [2.45, 2.75) is 39.3 Å². The van der Waals surface area contributed by atoms with Crippen molar-refractivity contribution < 1.29 is 9.59 Å². The normalized spacial score (nSPS) is 17.2. The van der Waals surface area contributed by atoms with Crippen molar-refractivity contribution in [3.05, 3.63) is 41.7 Å². The summed E-state index contributed by atoms with van der Waals surface area (Å²) >= 11 is 0. The molecule has 1 unspecified atom stereocenters. The first-order valence-corrected chi connectivity index (χ1v) is 8.48. The Bertz CT molecular complexity index is 759. The number of carbonyl (C=O) groups is 2. The van der Waals surface area contributed by atoms with Crippen LogP contribution in [-0.2, 0) is 16.1 Å². The number of benzene rings is 1. The molecule has 3 N–H and O–H groups in total. The van der Waals surface area contributed by atoms with E-state index < -0.39 is 0 Å². The molecule has 1 atom stereocenters. The molecule has 0 radical (unpaired) electrons. The molecule has 0 spiro atoms. The van der Waals surface area contributed by atoms with Crippen LogP contribution in [0.4, 0.5) is 0 Å². The third-order valence-corrected chi connectivity index (χ3v) is 4.43. The Morgan fingerprint density at radius 3 is 2.76 bits per heavy atom. The first-order chi connectivity index (χ1) is 12.1. The van der Waals surface area contributed by atoms with Gasteiger partial charge in [0.25, 0.3) is 0 Å². The van der Waals surface area contributed by atoms with Crippen LogP contribution in [0.5, 0.6) is 0 Å². The Morgan fingerprint density at radius 2 is 2.08 bits per heavy atom. The fourth-order valence-corrected chi connectivity index (χ4v) is 3.12. The van der Waals surface area contributed by atoms with Gasteiger partial charge in [-0.25, -0.2) is 5.43 Å². The van der Waals surface area contributed by atoms with Crippen LogP contribution in [0.1, 0.15) is 24.2 Å². The lowest BCUT2D eigenvalue weighted by atomic mass is 10.0. The van der Waals surface area contributed by atoms with Crippen LogP contribution in [-0.4, -0.2) is 34.2 Å². The van der Waals surface area contributed by atoms with Crippen LogP contribution < -0.4 is 16.2 Å². The molecule has 7 nitrogen and oxygen atoms in total. The van der Waals surface area contributed by atoms with Crippen molar-refractivity contribution in [2.75, 3.05) is 6.54 Å². The topological polar surface area (TPSA) is 88.0 Å². The molecule has 1 saturated heterocycles. The highest BCUT2D eigenvalue weighted by atomic mass is 16.2. The van der Waals surface area contributed by atoms with E-state index in [4.69, 9.17) is 0 Å². The minimum atomic E-state index is -0.377. The van der Waals surface area contributed by atoms with Gasteiger partial charge in [-0.3, -0.25) is 19.7 Å². The fraction of sp³-hybridized carbons (Fsp3) is 0.389. The first kappa shape index (κ1) is 17.2. The maximum Gasteiger partial charge on any atom is 0.239 e. The number of aryl methyl sites for hydroxylation is 1. The number of hydrazine groups is 1. The molecule has 25 heavy (non-hydrogen) atoms. The maximum absolute atomic E-state index is 12.1. The summed E-state index contributed by atoms with van der Waals surface area (Å²) < 4.78 is 1.92. The Hall–Kier alpha value is -2.67. The van der Waals surface area contributed by atoms with Gasteiger partial charge in [-0.05, 0) is 25.8 Å². The van der Waals surface area contributed by atoms with E-state index in [1.54, 1.807) is 0 Å². The summed E-state index contributed by atoms with van der Waals surface area (Å²) in [4.78, 5) is 23.2. The summed E-state index contributed by atoms with van der Waals surface area (Å²) in [5.74, 6) is -0.190. The molecule has 2 amide bonds. The smallest absolute Gasteiger partial charge is 0.239 e. The predicted molar refractivity (Wildman–Crippen MR) is 94.4 cm³/mol. The van der Waals surface area contributed by atoms with E-state index in [1.165, 1.54) is 0 Å². The molecule has 2 heterocycles. The molecular weight excluding hydrogens is 318 g/mol. The van der Waals surface area contributed by atoms with E-state index in [0.29, 0.717) is 25.9 Å². The Labute approximate surface area is 146 Å². The molecule has 1 aliphatic rings. The monoisotopic (exact) mass is 341 g/mol. The number of hydrogen-bond donors (Lipinski definition) is 3. The number of nitrogens with zero attached hydrogens (tertiary/aromatic N) is 2. The summed E-state index contributed by atoms with van der Waals surface area (Å²) in [6, 6.07) is 9.80. The lowest BCUT2D eigenvalue weighted by molar-refractivity contribution is -0.128. The van der Waals surface area contributed by atoms with E-state index in [-0.39, 0.29) is 17.9 Å². The van der Waals surface area contributed by atoms with Gasteiger partial charge >= 0.3 is 0 Å². The van der Waals surface area contributed by atoms with E-state index in [9.17, 15) is 9.59 Å². The molecule has 0 saturated carbocycles. The van der Waals surface area contributed by atoms with Crippen LogP contribution in [0.2, 0.25) is 0 Å². The minimum absolute atomic E-state index is 0.0832. The average Bonchev–Trinajstić information content (AvgIpc) is 2.90. The van der Waals surface area contributed by atoms with Crippen LogP contribution in [0.25, 0.3) is 11.1 Å². The number of amides is 2. The average molecular weight is 341 g/mol. The van der Waals surface area contributed by atoms with Crippen molar-refractivity contribution in [1.29, 1.82) is 0 Å². The Balaban J connectivity index is 1.59. The van der Waals surface area contributed by atoms with Crippen molar-refractivity contribution in [2.24, 2.45) is 0 Å². The van der Waals surface area contributed by atoms with Gasteiger partial charge < -0.3 is 5.32 Å². The van der Waals surface area contributed by atoms with Gasteiger partial charge in [-0.2, -0.15) is 5.10 Å². The zero-order chi connectivity index (χ0) is 17.8. The lowest BCUT2D eigenvalue weighted by Gasteiger charge is -2.22. The van der Waals surface area contributed by atoms with Gasteiger partial charge in [-0.1, -0.05) is 30.3 Å². The second-order valence-corrected chi connectivity index (χ2v) is 6.21. The molecule has 1 aromatic heterocycles. The van der Waals surface area contributed by atoms with Gasteiger partial charge in [0.1, 0.15) is 6.04 Å². The van der Waals surface area contributed by atoms with E-state index in [2.05, 4.69) is 33.4 Å². The van der Waals surface area contributed by atoms with Crippen molar-refractivity contribution in [1.82, 2.24) is 25.9 Å². The summed E-state index contributed by atoms with van der Waals surface area (Å²) in [5.41, 5.74) is 9.57. The number of rotatable bonds is 5. The van der Waals surface area contributed by atoms with Crippen molar-refractivity contribution in [3.8, 4) is 11.1 Å². The minimum Gasteiger partial charge on any atom is -0.353 e. The first-order valence-electron chi connectivity index (χ1n) is 8.48. The summed E-state index contributed by atoms with van der Waals surface area (Å²) in [7, 11) is 0. The number of hydrogen-bond acceptors (Lipinski definition) is 4. The quantitative estimate of drug-likeness (QED) is 0.759. The molecular formula is C18H23N5O2. The Kier molecular flexibility index (Phi) is 5.14. The highest BCUT2D eigenvalue weighted by molar-refractivity contribution is 5.85. The zero-order valence-corrected chi connectivity index (χ0v) is 14.5. The third-order valence-electron chi connectivity index (χ3n) is 4.43. The second kappa shape index (κ2) is 7.48. The van der Waals surface area contributed by atoms with Crippen LogP contribution in [0.3, 0.4) is 0 Å². The molecule has 1 aliphatic heterocycles. The Morgan fingerprint density at radius 1 is 1.32 bits per heavy atom. The molecule has 7 heteroatoms. The fourth-order valence-electron chi connectivity index (χ4n) is 3.12. The van der Waals surface area contributed by atoms with Crippen LogP contribution in [0, 0.1) is 13.8 Å². The van der Waals surface area contributed by atoms with Gasteiger partial charge in [0.2, 0.25) is 11.8 Å². The maximum atomic E-state index is 12.1. The van der Waals surface area contributed by atoms with E-state index in [1.807, 2.05) is 36.7 Å². The van der Waals surface area contributed by atoms with Crippen LogP contribution in [0.15, 0.2) is 30.3 Å². The molecule has 0 aliphatic carbocycles. The molecule has 0 bridgehead atoms. The zero-order valence-electron chi connectivity index (χ0n) is 14.5. The standard InChI is InChI=1S/C18H23N5O2/c1-12-17(14-6-4-3-5-7-14)13(2)23(22-12)11-10-19-18(25)15-8-9-16(24)21-20-15/h3-7,15,20H,8-11H2,1-2H3,(H,19,25)(H,21,24). The molecule has 132 valence electrons. The molecule has 3 rings (SSSR count). The third kappa shape index (κ3) is 3.88. The van der Waals surface area contributed by atoms with Gasteiger partial charge in [0.15, 0.2) is 0 Å². The number of carbonyl (C=O) groups excluding carboxylic acids is 2. The predicted octanol–water partition coefficient (Wildman–Crippen LogP) is 1.07. The van der Waals surface area contributed by atoms with Crippen molar-refractivity contribution in [3.63, 3.8) is 0 Å². The SMILES string of the molecule is Cc1nn(CCNC(=O)C2CCC(=O)NN2)c(C)c1-c1ccccc1. The van der Waals surface area contributed by atoms with Crippen LogP contribution >= 0.6 is 0 Å². The number of nitrogens with one attached hydrogen (secondary N) is 3. The van der Waals surface area contributed by atoms with E-state index in [0.717, 1.165) is 22.5 Å². The molecule has 2 aromatic rings. The molecule has 1 fully saturated rings. The lowest BCUT2D eigenvalue weighted by Crippen LogP contribution is -2.55. The summed E-state index contributed by atoms with van der Waals surface area (Å²) in [5, 5.41) is 7.50. The molecule has 1 aromatic carbocycles. The summed E-state index contributed by atoms with van der Waals surface area (Å²) in [6.45, 7) is 5.13.